The average molecular weight is 554 g/mol. The van der Waals surface area contributed by atoms with Crippen molar-refractivity contribution in [2.75, 3.05) is 7.11 Å². The van der Waals surface area contributed by atoms with Crippen molar-refractivity contribution >= 4 is 37.6 Å². The fourth-order valence-electron chi connectivity index (χ4n) is 2.79. The van der Waals surface area contributed by atoms with Gasteiger partial charge >= 0.3 is 26.2 Å². The number of carboxylic acid groups (broad SMARTS) is 1. The van der Waals surface area contributed by atoms with Gasteiger partial charge in [0.2, 0.25) is 5.75 Å². The van der Waals surface area contributed by atoms with Crippen LogP contribution in [0.5, 0.6) is 17.2 Å². The van der Waals surface area contributed by atoms with E-state index >= 15 is 0 Å². The molecule has 194 valence electrons. The second-order valence-electron chi connectivity index (χ2n) is 6.89. The van der Waals surface area contributed by atoms with Crippen molar-refractivity contribution < 1.29 is 49.7 Å². The van der Waals surface area contributed by atoms with Crippen molar-refractivity contribution in [1.29, 1.82) is 0 Å². The Balaban J connectivity index is 2.10. The Hall–Kier alpha value is -4.77. The first-order chi connectivity index (χ1) is 17.2. The normalized spacial score (nSPS) is 11.4. The fraction of sp³-hybridized carbons (Fsp3) is 0.0500. The molecule has 0 bridgehead atoms. The van der Waals surface area contributed by atoms with E-state index in [4.69, 9.17) is 13.1 Å². The van der Waals surface area contributed by atoms with E-state index in [0.29, 0.717) is 6.07 Å². The van der Waals surface area contributed by atoms with E-state index in [1.54, 1.807) is 0 Å². The van der Waals surface area contributed by atoms with Gasteiger partial charge in [-0.25, -0.2) is 4.79 Å². The fourth-order valence-corrected chi connectivity index (χ4v) is 4.66. The maximum atomic E-state index is 12.8. The third-order valence-corrected chi connectivity index (χ3v) is 7.04. The summed E-state index contributed by atoms with van der Waals surface area (Å²) in [7, 11) is -8.57. The van der Waals surface area contributed by atoms with Gasteiger partial charge in [0.25, 0.3) is 11.4 Å². The molecule has 0 unspecified atom stereocenters. The van der Waals surface area contributed by atoms with Gasteiger partial charge in [-0.3, -0.25) is 20.2 Å². The molecule has 3 aromatic carbocycles. The van der Waals surface area contributed by atoms with Gasteiger partial charge in [-0.05, 0) is 30.3 Å². The van der Waals surface area contributed by atoms with Gasteiger partial charge in [0.05, 0.1) is 22.5 Å². The molecule has 0 aromatic heterocycles. The van der Waals surface area contributed by atoms with E-state index < -0.39 is 80.0 Å². The second-order valence-corrected chi connectivity index (χ2v) is 9.98. The Morgan fingerprint density at radius 2 is 1.16 bits per heavy atom. The van der Waals surface area contributed by atoms with Crippen LogP contribution in [0.1, 0.15) is 10.4 Å². The van der Waals surface area contributed by atoms with Gasteiger partial charge < -0.3 is 18.2 Å². The minimum Gasteiger partial charge on any atom is -0.493 e. The number of rotatable bonds is 10. The third-order valence-electron chi connectivity index (χ3n) is 4.55. The number of hydrogen-bond donors (Lipinski definition) is 1. The van der Waals surface area contributed by atoms with Crippen LogP contribution in [-0.4, -0.2) is 44.9 Å². The van der Waals surface area contributed by atoms with Crippen molar-refractivity contribution in [3.05, 3.63) is 86.5 Å². The van der Waals surface area contributed by atoms with Gasteiger partial charge in [0.1, 0.15) is 9.79 Å². The maximum Gasteiger partial charge on any atom is 0.339 e. The first kappa shape index (κ1) is 26.8. The Labute approximate surface area is 208 Å². The highest BCUT2D eigenvalue weighted by Crippen LogP contribution is 2.42. The first-order valence-electron chi connectivity index (χ1n) is 9.58. The lowest BCUT2D eigenvalue weighted by Gasteiger charge is -2.16. The molecule has 0 heterocycles. The van der Waals surface area contributed by atoms with E-state index in [9.17, 15) is 47.0 Å². The molecule has 0 saturated carbocycles. The second kappa shape index (κ2) is 10.1. The summed E-state index contributed by atoms with van der Waals surface area (Å²) in [4.78, 5) is 30.5. The lowest BCUT2D eigenvalue weighted by molar-refractivity contribution is -0.385. The van der Waals surface area contributed by atoms with Crippen LogP contribution in [-0.2, 0) is 20.2 Å². The minimum absolute atomic E-state index is 0.416. The Kier molecular flexibility index (Phi) is 7.30. The van der Waals surface area contributed by atoms with Crippen molar-refractivity contribution in [3.63, 3.8) is 0 Å². The summed E-state index contributed by atoms with van der Waals surface area (Å²) in [6.07, 6.45) is 0. The zero-order chi connectivity index (χ0) is 27.5. The number of aromatic carboxylic acids is 1. The van der Waals surface area contributed by atoms with Crippen molar-refractivity contribution in [1.82, 2.24) is 0 Å². The smallest absolute Gasteiger partial charge is 0.339 e. The Bertz CT molecular complexity index is 1600. The van der Waals surface area contributed by atoms with E-state index in [1.165, 1.54) is 0 Å². The van der Waals surface area contributed by atoms with Gasteiger partial charge in [-0.1, -0.05) is 0 Å². The van der Waals surface area contributed by atoms with Crippen LogP contribution >= 0.6 is 0 Å². The molecular formula is C20H14N2O13S2. The van der Waals surface area contributed by atoms with Crippen molar-refractivity contribution in [2.24, 2.45) is 0 Å². The minimum atomic E-state index is -4.80. The van der Waals surface area contributed by atoms with Crippen molar-refractivity contribution in [3.8, 4) is 17.2 Å². The number of nitro groups is 2. The molecule has 0 aliphatic rings. The molecule has 0 radical (unpaired) electrons. The molecule has 15 nitrogen and oxygen atoms in total. The highest BCUT2D eigenvalue weighted by molar-refractivity contribution is 7.87. The zero-order valence-electron chi connectivity index (χ0n) is 18.3. The topological polar surface area (TPSA) is 220 Å². The lowest BCUT2D eigenvalue weighted by atomic mass is 10.2. The number of nitro benzene ring substituents is 2. The summed E-state index contributed by atoms with van der Waals surface area (Å²) in [5.74, 6) is -3.85. The molecule has 0 fully saturated rings. The maximum absolute atomic E-state index is 12.8. The van der Waals surface area contributed by atoms with E-state index in [0.717, 1.165) is 61.7 Å². The number of non-ortho nitro benzene ring substituents is 2. The predicted molar refractivity (Wildman–Crippen MR) is 122 cm³/mol. The van der Waals surface area contributed by atoms with Crippen LogP contribution in [0.2, 0.25) is 0 Å². The highest BCUT2D eigenvalue weighted by Gasteiger charge is 2.29. The summed E-state index contributed by atoms with van der Waals surface area (Å²) in [6, 6.07) is 8.44. The number of carbonyl (C=O) groups is 1. The third kappa shape index (κ3) is 5.90. The molecule has 0 amide bonds. The van der Waals surface area contributed by atoms with Gasteiger partial charge in [-0.2, -0.15) is 16.8 Å². The summed E-state index contributed by atoms with van der Waals surface area (Å²) in [5.41, 5.74) is -1.40. The van der Waals surface area contributed by atoms with E-state index in [-0.39, 0.29) is 0 Å². The van der Waals surface area contributed by atoms with Crippen LogP contribution in [0, 0.1) is 20.2 Å². The number of nitrogens with zero attached hydrogens (tertiary/aromatic N) is 2. The summed E-state index contributed by atoms with van der Waals surface area (Å²) in [5, 5.41) is 31.0. The number of hydrogen-bond acceptors (Lipinski definition) is 12. The van der Waals surface area contributed by atoms with Crippen LogP contribution in [0.4, 0.5) is 11.4 Å². The SMILES string of the molecule is COc1cc(C(=O)O)cc(OS(=O)(=O)c2ccc([N+](=O)[O-])cc2)c1OS(=O)(=O)c1ccc([N+](=O)[O-])cc1. The summed E-state index contributed by atoms with van der Waals surface area (Å²) >= 11 is 0. The first-order valence-corrected chi connectivity index (χ1v) is 12.4. The lowest BCUT2D eigenvalue weighted by Crippen LogP contribution is -2.15. The molecule has 1 N–H and O–H groups in total. The van der Waals surface area contributed by atoms with E-state index in [1.807, 2.05) is 0 Å². The molecule has 3 rings (SSSR count). The van der Waals surface area contributed by atoms with Gasteiger partial charge in [0, 0.05) is 30.3 Å². The van der Waals surface area contributed by atoms with Crippen LogP contribution < -0.4 is 13.1 Å². The van der Waals surface area contributed by atoms with Gasteiger partial charge in [-0.15, -0.1) is 0 Å². The van der Waals surface area contributed by atoms with Gasteiger partial charge in [0.15, 0.2) is 11.5 Å². The molecule has 0 spiro atoms. The standard InChI is InChI=1S/C20H14N2O13S2/c1-33-17-10-12(20(23)24)11-18(34-36(29,30)15-6-2-13(3-7-15)21(25)26)19(17)35-37(31,32)16-8-4-14(5-9-16)22(27)28/h2-11H,1H3,(H,23,24). The van der Waals surface area contributed by atoms with Crippen LogP contribution in [0.25, 0.3) is 0 Å². The quantitative estimate of drug-likeness (QED) is 0.217. The van der Waals surface area contributed by atoms with Crippen LogP contribution in [0.3, 0.4) is 0 Å². The summed E-state index contributed by atoms with van der Waals surface area (Å²) in [6.45, 7) is 0. The van der Waals surface area contributed by atoms with Crippen LogP contribution in [0.15, 0.2) is 70.5 Å². The zero-order valence-corrected chi connectivity index (χ0v) is 20.0. The molecule has 0 atom stereocenters. The molecule has 0 aliphatic heterocycles. The molecule has 37 heavy (non-hydrogen) atoms. The Morgan fingerprint density at radius 3 is 1.54 bits per heavy atom. The van der Waals surface area contributed by atoms with Crippen molar-refractivity contribution in [2.45, 2.75) is 9.79 Å². The molecule has 0 saturated heterocycles. The molecule has 17 heteroatoms. The Morgan fingerprint density at radius 1 is 0.757 bits per heavy atom. The number of carboxylic acids is 1. The average Bonchev–Trinajstić information content (AvgIpc) is 2.84. The molecule has 0 aliphatic carbocycles. The van der Waals surface area contributed by atoms with E-state index in [2.05, 4.69) is 0 Å². The highest BCUT2D eigenvalue weighted by atomic mass is 32.2. The monoisotopic (exact) mass is 554 g/mol. The number of benzene rings is 3. The summed E-state index contributed by atoms with van der Waals surface area (Å²) < 4.78 is 66.2. The predicted octanol–water partition coefficient (Wildman–Crippen LogP) is 2.75. The molecule has 3 aromatic rings. The number of methoxy groups -OCH3 is 1. The number of ether oxygens (including phenoxy) is 1. The largest absolute Gasteiger partial charge is 0.493 e. The molecular weight excluding hydrogens is 540 g/mol.